The average Bonchev–Trinajstić information content (AvgIpc) is 2.73. The number of carbonyl (C=O) groups is 2. The fourth-order valence-electron chi connectivity index (χ4n) is 4.15. The highest BCUT2D eigenvalue weighted by Gasteiger charge is 2.47. The van der Waals surface area contributed by atoms with E-state index in [-0.39, 0.29) is 41.1 Å². The Hall–Kier alpha value is -2.88. The number of hydrogen-bond donors (Lipinski definition) is 2. The summed E-state index contributed by atoms with van der Waals surface area (Å²) in [5.41, 5.74) is -0.535. The van der Waals surface area contributed by atoms with Crippen LogP contribution in [0.4, 0.5) is 13.2 Å². The Labute approximate surface area is 186 Å². The number of amides is 2. The third-order valence-corrected chi connectivity index (χ3v) is 6.22. The fraction of sp³-hybridized carbons (Fsp3) is 0.429. The first kappa shape index (κ1) is 22.3. The molecule has 0 radical (unpaired) electrons. The lowest BCUT2D eigenvalue weighted by Crippen LogP contribution is -2.60. The van der Waals surface area contributed by atoms with Gasteiger partial charge in [0.2, 0.25) is 0 Å². The molecule has 2 atom stereocenters. The topological polar surface area (TPSA) is 93.2 Å². The second kappa shape index (κ2) is 9.32. The summed E-state index contributed by atoms with van der Waals surface area (Å²) in [6.07, 6.45) is 1.40. The highest BCUT2D eigenvalue weighted by molar-refractivity contribution is 6.30. The van der Waals surface area contributed by atoms with Crippen molar-refractivity contribution in [3.8, 4) is 5.75 Å². The van der Waals surface area contributed by atoms with E-state index in [0.717, 1.165) is 31.3 Å². The fourth-order valence-corrected chi connectivity index (χ4v) is 4.27. The van der Waals surface area contributed by atoms with Gasteiger partial charge in [-0.05, 0) is 43.2 Å². The van der Waals surface area contributed by atoms with Crippen LogP contribution in [0.1, 0.15) is 41.9 Å². The largest absolute Gasteiger partial charge is 0.484 e. The van der Waals surface area contributed by atoms with Crippen molar-refractivity contribution in [3.63, 3.8) is 0 Å². The molecule has 1 aromatic carbocycles. The van der Waals surface area contributed by atoms with Gasteiger partial charge in [-0.2, -0.15) is 0 Å². The van der Waals surface area contributed by atoms with Crippen molar-refractivity contribution >= 4 is 23.4 Å². The molecule has 3 fully saturated rings. The van der Waals surface area contributed by atoms with Gasteiger partial charge in [0, 0.05) is 18.2 Å². The molecule has 1 aromatic heterocycles. The zero-order valence-electron chi connectivity index (χ0n) is 16.7. The Morgan fingerprint density at radius 3 is 2.44 bits per heavy atom. The molecule has 2 aromatic rings. The standard InChI is InChI=1S/C21H20ClF3N4O3/c22-13-2-1-12(5-14(13)23)32-9-19(30)28-15-6-16(11-3-10(15)4-11)29-21(31)18-8-26-17(7-27-18)20(24)25/h1-2,5,7-8,10-11,15-16,20H,3-4,6,9H2,(H,28,30)(H,29,31)/t10?,11?,15-,16?/m0/s1. The predicted molar refractivity (Wildman–Crippen MR) is 108 cm³/mol. The van der Waals surface area contributed by atoms with Gasteiger partial charge < -0.3 is 15.4 Å². The highest BCUT2D eigenvalue weighted by atomic mass is 35.5. The molecule has 0 saturated heterocycles. The van der Waals surface area contributed by atoms with Crippen LogP contribution >= 0.6 is 11.6 Å². The number of nitrogens with one attached hydrogen (secondary N) is 2. The van der Waals surface area contributed by atoms with Crippen molar-refractivity contribution in [3.05, 3.63) is 52.8 Å². The molecule has 3 saturated carbocycles. The van der Waals surface area contributed by atoms with Crippen molar-refractivity contribution in [2.75, 3.05) is 6.61 Å². The minimum atomic E-state index is -2.75. The van der Waals surface area contributed by atoms with Crippen molar-refractivity contribution in [2.45, 2.75) is 37.8 Å². The molecule has 2 amide bonds. The Balaban J connectivity index is 1.29. The minimum Gasteiger partial charge on any atom is -0.484 e. The molecule has 3 aliphatic carbocycles. The maximum Gasteiger partial charge on any atom is 0.281 e. The van der Waals surface area contributed by atoms with E-state index in [4.69, 9.17) is 16.3 Å². The third-order valence-electron chi connectivity index (χ3n) is 5.91. The smallest absolute Gasteiger partial charge is 0.281 e. The summed E-state index contributed by atoms with van der Waals surface area (Å²) in [6.45, 7) is -0.281. The zero-order valence-corrected chi connectivity index (χ0v) is 17.5. The lowest BCUT2D eigenvalue weighted by atomic mass is 9.60. The van der Waals surface area contributed by atoms with Crippen LogP contribution in [0.25, 0.3) is 0 Å². The number of benzene rings is 1. The van der Waals surface area contributed by atoms with Gasteiger partial charge in [-0.25, -0.2) is 18.2 Å². The van der Waals surface area contributed by atoms with Crippen LogP contribution in [0.15, 0.2) is 30.6 Å². The number of nitrogens with zero attached hydrogens (tertiary/aromatic N) is 2. The van der Waals surface area contributed by atoms with E-state index in [9.17, 15) is 22.8 Å². The summed E-state index contributed by atoms with van der Waals surface area (Å²) in [5.74, 6) is -0.682. The molecular weight excluding hydrogens is 449 g/mol. The van der Waals surface area contributed by atoms with Crippen molar-refractivity contribution < 1.29 is 27.5 Å². The van der Waals surface area contributed by atoms with Gasteiger partial charge in [0.15, 0.2) is 6.61 Å². The van der Waals surface area contributed by atoms with E-state index in [2.05, 4.69) is 20.6 Å². The van der Waals surface area contributed by atoms with Crippen LogP contribution < -0.4 is 15.4 Å². The molecule has 2 N–H and O–H groups in total. The molecule has 11 heteroatoms. The Morgan fingerprint density at radius 1 is 1.09 bits per heavy atom. The Kier molecular flexibility index (Phi) is 6.50. The quantitative estimate of drug-likeness (QED) is 0.650. The lowest BCUT2D eigenvalue weighted by Gasteiger charge is -2.51. The average molecular weight is 469 g/mol. The summed E-state index contributed by atoms with van der Waals surface area (Å²) in [4.78, 5) is 32.1. The van der Waals surface area contributed by atoms with Gasteiger partial charge >= 0.3 is 0 Å². The van der Waals surface area contributed by atoms with Crippen molar-refractivity contribution in [2.24, 2.45) is 11.8 Å². The molecule has 1 heterocycles. The number of alkyl halides is 2. The SMILES string of the molecule is O=C(COc1ccc(Cl)c(F)c1)N[C@H]1CC(NC(=O)c2cnc(C(F)F)cn2)C2CC1C2. The maximum atomic E-state index is 13.5. The van der Waals surface area contributed by atoms with E-state index >= 15 is 0 Å². The molecule has 0 aliphatic heterocycles. The number of hydrogen-bond acceptors (Lipinski definition) is 5. The van der Waals surface area contributed by atoms with Gasteiger partial charge in [-0.3, -0.25) is 14.6 Å². The molecule has 1 unspecified atom stereocenters. The molecule has 5 rings (SSSR count). The van der Waals surface area contributed by atoms with Crippen LogP contribution in [0.5, 0.6) is 5.75 Å². The minimum absolute atomic E-state index is 0.0346. The summed E-state index contributed by atoms with van der Waals surface area (Å²) < 4.78 is 44.0. The van der Waals surface area contributed by atoms with Gasteiger partial charge in [0.25, 0.3) is 18.2 Å². The molecule has 32 heavy (non-hydrogen) atoms. The van der Waals surface area contributed by atoms with E-state index in [1.807, 2.05) is 0 Å². The molecule has 3 aliphatic rings. The van der Waals surface area contributed by atoms with Gasteiger partial charge in [0.1, 0.15) is 23.0 Å². The number of carbonyl (C=O) groups excluding carboxylic acids is 2. The van der Waals surface area contributed by atoms with Crippen molar-refractivity contribution in [1.82, 2.24) is 20.6 Å². The van der Waals surface area contributed by atoms with E-state index in [1.54, 1.807) is 0 Å². The third kappa shape index (κ3) is 4.95. The first-order valence-electron chi connectivity index (χ1n) is 10.1. The summed E-state index contributed by atoms with van der Waals surface area (Å²) >= 11 is 5.62. The number of ether oxygens (including phenoxy) is 1. The summed E-state index contributed by atoms with van der Waals surface area (Å²) in [5, 5.41) is 5.76. The van der Waals surface area contributed by atoms with Gasteiger partial charge in [-0.1, -0.05) is 11.6 Å². The van der Waals surface area contributed by atoms with E-state index in [0.29, 0.717) is 18.3 Å². The number of aromatic nitrogens is 2. The summed E-state index contributed by atoms with van der Waals surface area (Å²) in [6, 6.07) is 3.60. The first-order chi connectivity index (χ1) is 15.3. The monoisotopic (exact) mass is 468 g/mol. The second-order valence-electron chi connectivity index (χ2n) is 7.97. The van der Waals surface area contributed by atoms with Crippen LogP contribution in [0.3, 0.4) is 0 Å². The Morgan fingerprint density at radius 2 is 1.81 bits per heavy atom. The van der Waals surface area contributed by atoms with Crippen molar-refractivity contribution in [1.29, 1.82) is 0 Å². The molecule has 170 valence electrons. The van der Waals surface area contributed by atoms with Gasteiger partial charge in [0.05, 0.1) is 17.4 Å². The Bertz CT molecular complexity index is 1000. The molecule has 7 nitrogen and oxygen atoms in total. The number of fused-ring (bicyclic) bond motifs is 2. The molecule has 2 bridgehead atoms. The van der Waals surface area contributed by atoms with E-state index < -0.39 is 23.8 Å². The normalized spacial score (nSPS) is 23.9. The zero-order chi connectivity index (χ0) is 22.8. The van der Waals surface area contributed by atoms with E-state index in [1.165, 1.54) is 12.1 Å². The summed E-state index contributed by atoms with van der Waals surface area (Å²) in [7, 11) is 0. The number of halogens is 4. The number of rotatable bonds is 7. The van der Waals surface area contributed by atoms with Gasteiger partial charge in [-0.15, -0.1) is 0 Å². The van der Waals surface area contributed by atoms with Crippen LogP contribution in [0.2, 0.25) is 5.02 Å². The predicted octanol–water partition coefficient (Wildman–Crippen LogP) is 3.30. The first-order valence-corrected chi connectivity index (χ1v) is 10.5. The highest BCUT2D eigenvalue weighted by Crippen LogP contribution is 2.45. The molecular formula is C21H20ClF3N4O3. The maximum absolute atomic E-state index is 13.5. The second-order valence-corrected chi connectivity index (χ2v) is 8.38. The molecule has 0 spiro atoms. The van der Waals surface area contributed by atoms with Crippen LogP contribution in [-0.2, 0) is 4.79 Å². The lowest BCUT2D eigenvalue weighted by molar-refractivity contribution is -0.125. The van der Waals surface area contributed by atoms with Crippen LogP contribution in [0, 0.1) is 17.7 Å². The van der Waals surface area contributed by atoms with Crippen LogP contribution in [-0.4, -0.2) is 40.5 Å².